The van der Waals surface area contributed by atoms with Crippen molar-refractivity contribution >= 4 is 58.0 Å². The molecule has 0 saturated heterocycles. The fourth-order valence-corrected chi connectivity index (χ4v) is 4.78. The molecule has 10 heteroatoms. The van der Waals surface area contributed by atoms with Crippen molar-refractivity contribution in [2.75, 3.05) is 30.1 Å². The van der Waals surface area contributed by atoms with Crippen molar-refractivity contribution < 1.29 is 21.9 Å². The predicted octanol–water partition coefficient (Wildman–Crippen LogP) is 4.89. The summed E-state index contributed by atoms with van der Waals surface area (Å²) >= 11 is 7.86. The summed E-state index contributed by atoms with van der Waals surface area (Å²) in [4.78, 5) is 0. The first kappa shape index (κ1) is 23.1. The van der Waals surface area contributed by atoms with Crippen LogP contribution in [0.1, 0.15) is 6.42 Å². The molecule has 0 amide bonds. The van der Waals surface area contributed by atoms with E-state index in [1.54, 1.807) is 22.6 Å². The van der Waals surface area contributed by atoms with Gasteiger partial charge in [0, 0.05) is 14.7 Å². The Morgan fingerprint density at radius 2 is 1.96 bits per heavy atom. The van der Waals surface area contributed by atoms with Crippen LogP contribution in [-0.4, -0.2) is 42.3 Å². The molecule has 0 aliphatic carbocycles. The Balaban J connectivity index is 3.06. The second kappa shape index (κ2) is 9.82. The molecule has 0 spiro atoms. The number of sulfonamides is 1. The van der Waals surface area contributed by atoms with E-state index in [1.165, 1.54) is 6.07 Å². The van der Waals surface area contributed by atoms with E-state index in [9.17, 15) is 17.2 Å². The van der Waals surface area contributed by atoms with E-state index in [0.29, 0.717) is 6.61 Å². The topological polar surface area (TPSA) is 46.6 Å². The van der Waals surface area contributed by atoms with E-state index in [2.05, 4.69) is 19.6 Å². The lowest BCUT2D eigenvalue weighted by Gasteiger charge is -2.26. The van der Waals surface area contributed by atoms with Crippen LogP contribution in [0.25, 0.3) is 0 Å². The summed E-state index contributed by atoms with van der Waals surface area (Å²) in [6.45, 7) is 6.00. The second-order valence-corrected chi connectivity index (χ2v) is 15.8. The van der Waals surface area contributed by atoms with Gasteiger partial charge in [0.1, 0.15) is 12.5 Å². The minimum Gasteiger partial charge on any atom is -0.360 e. The van der Waals surface area contributed by atoms with Gasteiger partial charge in [-0.25, -0.2) is 17.1 Å². The first-order chi connectivity index (χ1) is 11.5. The van der Waals surface area contributed by atoms with Gasteiger partial charge in [0.05, 0.1) is 26.7 Å². The highest BCUT2D eigenvalue weighted by molar-refractivity contribution is 14.1. The van der Waals surface area contributed by atoms with Gasteiger partial charge < -0.3 is 4.74 Å². The SMILES string of the molecule is C[Si](C)(C)CCOCN(c1ccc(F)c(I)c1Cl)S(=O)(=O)CCCF. The van der Waals surface area contributed by atoms with E-state index >= 15 is 0 Å². The molecule has 0 heterocycles. The molecular formula is C15H23ClF2INO3SSi. The van der Waals surface area contributed by atoms with Crippen molar-refractivity contribution in [3.8, 4) is 0 Å². The van der Waals surface area contributed by atoms with Gasteiger partial charge in [-0.2, -0.15) is 0 Å². The second-order valence-electron chi connectivity index (χ2n) is 6.75. The Kier molecular flexibility index (Phi) is 9.06. The Labute approximate surface area is 168 Å². The zero-order valence-corrected chi connectivity index (χ0v) is 19.2. The van der Waals surface area contributed by atoms with Crippen molar-refractivity contribution in [2.24, 2.45) is 0 Å². The van der Waals surface area contributed by atoms with Crippen molar-refractivity contribution in [3.05, 3.63) is 26.5 Å². The average Bonchev–Trinajstić information content (AvgIpc) is 2.51. The lowest BCUT2D eigenvalue weighted by atomic mass is 10.3. The maximum Gasteiger partial charge on any atom is 0.237 e. The molecule has 0 bridgehead atoms. The summed E-state index contributed by atoms with van der Waals surface area (Å²) in [6.07, 6.45) is -0.121. The largest absolute Gasteiger partial charge is 0.360 e. The van der Waals surface area contributed by atoms with Gasteiger partial charge in [0.2, 0.25) is 10.0 Å². The number of rotatable bonds is 10. The molecular weight excluding hydrogens is 503 g/mol. The normalized spacial score (nSPS) is 12.4. The molecule has 0 aliphatic rings. The molecule has 0 saturated carbocycles. The molecule has 0 radical (unpaired) electrons. The zero-order valence-electron chi connectivity index (χ0n) is 14.5. The predicted molar refractivity (Wildman–Crippen MR) is 110 cm³/mol. The van der Waals surface area contributed by atoms with E-state index in [0.717, 1.165) is 16.4 Å². The van der Waals surface area contributed by atoms with Crippen molar-refractivity contribution in [3.63, 3.8) is 0 Å². The quantitative estimate of drug-likeness (QED) is 0.144. The van der Waals surface area contributed by atoms with Gasteiger partial charge in [0.25, 0.3) is 0 Å². The standard InChI is InChI=1S/C15H23ClF2INO3SSi/c1-25(2,3)10-8-23-11-20(24(21,22)9-4-7-17)13-6-5-12(18)15(19)14(13)16/h5-6H,4,7-11H2,1-3H3. The maximum absolute atomic E-state index is 13.6. The summed E-state index contributed by atoms with van der Waals surface area (Å²) in [5.74, 6) is -0.902. The molecule has 25 heavy (non-hydrogen) atoms. The molecule has 0 aliphatic heterocycles. The maximum atomic E-state index is 13.6. The average molecular weight is 526 g/mol. The van der Waals surface area contributed by atoms with Crippen LogP contribution in [0.4, 0.5) is 14.5 Å². The van der Waals surface area contributed by atoms with Gasteiger partial charge in [-0.1, -0.05) is 31.2 Å². The number of alkyl halides is 1. The van der Waals surface area contributed by atoms with Gasteiger partial charge in [-0.05, 0) is 47.2 Å². The third-order valence-corrected chi connectivity index (χ3v) is 8.60. The first-order valence-corrected chi connectivity index (χ1v) is 14.5. The van der Waals surface area contributed by atoms with Gasteiger partial charge >= 0.3 is 0 Å². The number of benzene rings is 1. The highest BCUT2D eigenvalue weighted by Gasteiger charge is 2.26. The van der Waals surface area contributed by atoms with Crippen LogP contribution in [-0.2, 0) is 14.8 Å². The van der Waals surface area contributed by atoms with E-state index in [1.807, 2.05) is 0 Å². The molecule has 1 aromatic carbocycles. The van der Waals surface area contributed by atoms with Crippen LogP contribution < -0.4 is 4.31 Å². The monoisotopic (exact) mass is 525 g/mol. The van der Waals surface area contributed by atoms with Crippen molar-refractivity contribution in [1.29, 1.82) is 0 Å². The molecule has 4 nitrogen and oxygen atoms in total. The van der Waals surface area contributed by atoms with E-state index in [4.69, 9.17) is 16.3 Å². The summed E-state index contributed by atoms with van der Waals surface area (Å²) in [5.41, 5.74) is 0.138. The van der Waals surface area contributed by atoms with Crippen LogP contribution in [0, 0.1) is 9.39 Å². The Morgan fingerprint density at radius 1 is 1.32 bits per heavy atom. The molecule has 1 aromatic rings. The van der Waals surface area contributed by atoms with Gasteiger partial charge in [0.15, 0.2) is 0 Å². The third kappa shape index (κ3) is 7.28. The fourth-order valence-electron chi connectivity index (χ4n) is 1.88. The summed E-state index contributed by atoms with van der Waals surface area (Å²) in [5, 5.41) is -0.00165. The van der Waals surface area contributed by atoms with Gasteiger partial charge in [-0.3, -0.25) is 4.39 Å². The van der Waals surface area contributed by atoms with Gasteiger partial charge in [-0.15, -0.1) is 0 Å². The van der Waals surface area contributed by atoms with E-state index < -0.39 is 30.6 Å². The number of hydrogen-bond donors (Lipinski definition) is 0. The summed E-state index contributed by atoms with van der Waals surface area (Å²) in [6, 6.07) is 3.33. The molecule has 0 fully saturated rings. The summed E-state index contributed by atoms with van der Waals surface area (Å²) in [7, 11) is -5.16. The number of anilines is 1. The molecule has 0 atom stereocenters. The molecule has 144 valence electrons. The van der Waals surface area contributed by atoms with Crippen molar-refractivity contribution in [1.82, 2.24) is 0 Å². The number of ether oxygens (including phenoxy) is 1. The Hall–Kier alpha value is 0.0269. The third-order valence-electron chi connectivity index (χ3n) is 3.36. The highest BCUT2D eigenvalue weighted by Crippen LogP contribution is 2.33. The first-order valence-electron chi connectivity index (χ1n) is 7.77. The lowest BCUT2D eigenvalue weighted by molar-refractivity contribution is 0.156. The number of halogens is 4. The number of nitrogens with zero attached hydrogens (tertiary/aromatic N) is 1. The fraction of sp³-hybridized carbons (Fsp3) is 0.600. The van der Waals surface area contributed by atoms with Crippen LogP contribution in [0.3, 0.4) is 0 Å². The minimum absolute atomic E-state index is 0.00165. The smallest absolute Gasteiger partial charge is 0.237 e. The highest BCUT2D eigenvalue weighted by atomic mass is 127. The molecule has 0 unspecified atom stereocenters. The Bertz CT molecular complexity index is 686. The van der Waals surface area contributed by atoms with Crippen LogP contribution in [0.2, 0.25) is 30.7 Å². The molecule has 1 rings (SSSR count). The summed E-state index contributed by atoms with van der Waals surface area (Å²) < 4.78 is 57.9. The Morgan fingerprint density at radius 3 is 2.52 bits per heavy atom. The van der Waals surface area contributed by atoms with Crippen LogP contribution >= 0.6 is 34.2 Å². The molecule has 0 aromatic heterocycles. The van der Waals surface area contributed by atoms with E-state index in [-0.39, 0.29) is 33.2 Å². The lowest BCUT2D eigenvalue weighted by Crippen LogP contribution is -2.36. The van der Waals surface area contributed by atoms with Crippen LogP contribution in [0.5, 0.6) is 0 Å². The number of hydrogen-bond acceptors (Lipinski definition) is 3. The van der Waals surface area contributed by atoms with Crippen molar-refractivity contribution in [2.45, 2.75) is 32.1 Å². The van der Waals surface area contributed by atoms with Crippen LogP contribution in [0.15, 0.2) is 12.1 Å². The minimum atomic E-state index is -3.84. The zero-order chi connectivity index (χ0) is 19.3. The molecule has 0 N–H and O–H groups in total.